The van der Waals surface area contributed by atoms with Gasteiger partial charge in [0.2, 0.25) is 0 Å². The van der Waals surface area contributed by atoms with E-state index in [9.17, 15) is 0 Å². The monoisotopic (exact) mass is 218 g/mol. The molecule has 3 nitrogen and oxygen atoms in total. The first kappa shape index (κ1) is 9.86. The van der Waals surface area contributed by atoms with Crippen LogP contribution in [0.2, 0.25) is 0 Å². The molecule has 4 heteroatoms. The van der Waals surface area contributed by atoms with E-state index in [1.807, 2.05) is 11.4 Å². The van der Waals surface area contributed by atoms with Crippen LogP contribution in [0.5, 0.6) is 0 Å². The van der Waals surface area contributed by atoms with Crippen molar-refractivity contribution in [3.05, 3.63) is 47.1 Å². The third kappa shape index (κ3) is 2.41. The van der Waals surface area contributed by atoms with Gasteiger partial charge >= 0.3 is 0 Å². The Kier molecular flexibility index (Phi) is 3.09. The van der Waals surface area contributed by atoms with Crippen molar-refractivity contribution in [2.24, 2.45) is 0 Å². The van der Waals surface area contributed by atoms with Gasteiger partial charge in [0, 0.05) is 34.6 Å². The van der Waals surface area contributed by atoms with Crippen molar-refractivity contribution in [3.63, 3.8) is 0 Å². The SMILES string of the molecule is O/C=C/Cc1cc(-c2ncccn2)cs1. The number of rotatable bonds is 3. The van der Waals surface area contributed by atoms with Crippen LogP contribution in [0.4, 0.5) is 0 Å². The second-order valence-corrected chi connectivity index (χ2v) is 3.96. The Labute approximate surface area is 91.8 Å². The molecule has 0 aliphatic heterocycles. The van der Waals surface area contributed by atoms with Gasteiger partial charge in [0.05, 0.1) is 6.26 Å². The number of aromatic nitrogens is 2. The normalized spacial score (nSPS) is 10.9. The number of aliphatic hydroxyl groups is 1. The maximum atomic E-state index is 8.55. The molecule has 0 radical (unpaired) electrons. The van der Waals surface area contributed by atoms with Crippen LogP contribution in [0.1, 0.15) is 4.88 Å². The second kappa shape index (κ2) is 4.70. The van der Waals surface area contributed by atoms with E-state index in [2.05, 4.69) is 9.97 Å². The van der Waals surface area contributed by atoms with Crippen LogP contribution in [0.15, 0.2) is 42.2 Å². The van der Waals surface area contributed by atoms with Gasteiger partial charge < -0.3 is 5.11 Å². The Hall–Kier alpha value is -1.68. The lowest BCUT2D eigenvalue weighted by atomic mass is 10.2. The standard InChI is InChI=1S/C11H10N2OS/c14-6-1-3-10-7-9(8-15-10)11-12-4-2-5-13-11/h1-2,4-8,14H,3H2/b6-1+. The molecule has 2 aromatic heterocycles. The van der Waals surface area contributed by atoms with E-state index in [1.54, 1.807) is 35.9 Å². The quantitative estimate of drug-likeness (QED) is 0.806. The summed E-state index contributed by atoms with van der Waals surface area (Å²) in [6.07, 6.45) is 6.98. The highest BCUT2D eigenvalue weighted by Crippen LogP contribution is 2.22. The van der Waals surface area contributed by atoms with E-state index in [4.69, 9.17) is 5.11 Å². The Balaban J connectivity index is 2.20. The van der Waals surface area contributed by atoms with Crippen molar-refractivity contribution in [3.8, 4) is 11.4 Å². The summed E-state index contributed by atoms with van der Waals surface area (Å²) in [5.41, 5.74) is 1.03. The molecule has 1 N–H and O–H groups in total. The van der Waals surface area contributed by atoms with Crippen LogP contribution in [0.3, 0.4) is 0 Å². The molecule has 0 aliphatic rings. The van der Waals surface area contributed by atoms with Crippen molar-refractivity contribution < 1.29 is 5.11 Å². The topological polar surface area (TPSA) is 46.0 Å². The molecule has 0 saturated heterocycles. The molecule has 2 heterocycles. The van der Waals surface area contributed by atoms with Crippen LogP contribution in [0.25, 0.3) is 11.4 Å². The van der Waals surface area contributed by atoms with Gasteiger partial charge in [0.15, 0.2) is 5.82 Å². The molecule has 0 saturated carbocycles. The highest BCUT2D eigenvalue weighted by atomic mass is 32.1. The molecule has 2 rings (SSSR count). The van der Waals surface area contributed by atoms with Gasteiger partial charge in [-0.05, 0) is 18.2 Å². The zero-order valence-corrected chi connectivity index (χ0v) is 8.81. The first-order valence-corrected chi connectivity index (χ1v) is 5.42. The van der Waals surface area contributed by atoms with Gasteiger partial charge in [-0.15, -0.1) is 11.3 Å². The van der Waals surface area contributed by atoms with E-state index < -0.39 is 0 Å². The Bertz CT molecular complexity index is 451. The van der Waals surface area contributed by atoms with E-state index in [1.165, 1.54) is 4.88 Å². The van der Waals surface area contributed by atoms with Crippen LogP contribution < -0.4 is 0 Å². The molecule has 0 aromatic carbocycles. The first-order chi connectivity index (χ1) is 7.40. The highest BCUT2D eigenvalue weighted by Gasteiger charge is 2.02. The summed E-state index contributed by atoms with van der Waals surface area (Å²) in [5, 5.41) is 10.6. The molecule has 0 aliphatic carbocycles. The number of hydrogen-bond donors (Lipinski definition) is 1. The van der Waals surface area contributed by atoms with Crippen LogP contribution >= 0.6 is 11.3 Å². The molecule has 15 heavy (non-hydrogen) atoms. The fourth-order valence-corrected chi connectivity index (χ4v) is 2.06. The third-order valence-corrected chi connectivity index (χ3v) is 2.86. The minimum Gasteiger partial charge on any atom is -0.516 e. The predicted molar refractivity (Wildman–Crippen MR) is 60.8 cm³/mol. The number of thiophene rings is 1. The maximum absolute atomic E-state index is 8.55. The summed E-state index contributed by atoms with van der Waals surface area (Å²) in [6, 6.07) is 3.84. The molecule has 0 fully saturated rings. The fraction of sp³-hybridized carbons (Fsp3) is 0.0909. The average molecular weight is 218 g/mol. The molecule has 0 atom stereocenters. The molecular formula is C11H10N2OS. The Morgan fingerprint density at radius 3 is 2.87 bits per heavy atom. The van der Waals surface area contributed by atoms with Crippen molar-refractivity contribution in [2.45, 2.75) is 6.42 Å². The number of aliphatic hydroxyl groups excluding tert-OH is 1. The van der Waals surface area contributed by atoms with Crippen molar-refractivity contribution in [1.82, 2.24) is 9.97 Å². The van der Waals surface area contributed by atoms with Gasteiger partial charge in [-0.1, -0.05) is 0 Å². The van der Waals surface area contributed by atoms with Crippen molar-refractivity contribution in [2.75, 3.05) is 0 Å². The van der Waals surface area contributed by atoms with Crippen LogP contribution in [-0.4, -0.2) is 15.1 Å². The predicted octanol–water partition coefficient (Wildman–Crippen LogP) is 2.82. The van der Waals surface area contributed by atoms with E-state index in [0.717, 1.165) is 24.1 Å². The molecule has 2 aromatic rings. The average Bonchev–Trinajstić information content (AvgIpc) is 2.76. The molecule has 76 valence electrons. The number of nitrogens with zero attached hydrogens (tertiary/aromatic N) is 2. The van der Waals surface area contributed by atoms with Gasteiger partial charge in [0.1, 0.15) is 0 Å². The third-order valence-electron chi connectivity index (χ3n) is 1.90. The summed E-state index contributed by atoms with van der Waals surface area (Å²) >= 11 is 1.64. The largest absolute Gasteiger partial charge is 0.516 e. The van der Waals surface area contributed by atoms with E-state index in [-0.39, 0.29) is 0 Å². The summed E-state index contributed by atoms with van der Waals surface area (Å²) in [4.78, 5) is 9.52. The molecule has 0 bridgehead atoms. The van der Waals surface area contributed by atoms with Gasteiger partial charge in [-0.2, -0.15) is 0 Å². The van der Waals surface area contributed by atoms with Gasteiger partial charge in [-0.25, -0.2) is 9.97 Å². The minimum absolute atomic E-state index is 0.743. The zero-order valence-electron chi connectivity index (χ0n) is 8.00. The van der Waals surface area contributed by atoms with Crippen LogP contribution in [-0.2, 0) is 6.42 Å². The van der Waals surface area contributed by atoms with Gasteiger partial charge in [0.25, 0.3) is 0 Å². The molecule has 0 unspecified atom stereocenters. The minimum atomic E-state index is 0.743. The lowest BCUT2D eigenvalue weighted by Gasteiger charge is -1.92. The first-order valence-electron chi connectivity index (χ1n) is 4.54. The molecule has 0 spiro atoms. The van der Waals surface area contributed by atoms with E-state index in [0.29, 0.717) is 0 Å². The smallest absolute Gasteiger partial charge is 0.159 e. The summed E-state index contributed by atoms with van der Waals surface area (Å²) in [7, 11) is 0. The highest BCUT2D eigenvalue weighted by molar-refractivity contribution is 7.10. The zero-order chi connectivity index (χ0) is 10.5. The molecular weight excluding hydrogens is 208 g/mol. The summed E-state index contributed by atoms with van der Waals surface area (Å²) < 4.78 is 0. The Morgan fingerprint density at radius 1 is 1.33 bits per heavy atom. The van der Waals surface area contributed by atoms with Crippen molar-refractivity contribution >= 4 is 11.3 Å². The molecule has 0 amide bonds. The van der Waals surface area contributed by atoms with Gasteiger partial charge in [-0.3, -0.25) is 0 Å². The fourth-order valence-electron chi connectivity index (χ4n) is 1.22. The maximum Gasteiger partial charge on any atom is 0.159 e. The summed E-state index contributed by atoms with van der Waals surface area (Å²) in [6.45, 7) is 0. The Morgan fingerprint density at radius 2 is 2.13 bits per heavy atom. The second-order valence-electron chi connectivity index (χ2n) is 2.96. The van der Waals surface area contributed by atoms with Crippen LogP contribution in [0, 0.1) is 0 Å². The lowest BCUT2D eigenvalue weighted by molar-refractivity contribution is 0.471. The van der Waals surface area contributed by atoms with E-state index >= 15 is 0 Å². The summed E-state index contributed by atoms with van der Waals surface area (Å²) in [5.74, 6) is 0.743. The number of allylic oxidation sites excluding steroid dienone is 1. The number of hydrogen-bond acceptors (Lipinski definition) is 4. The van der Waals surface area contributed by atoms with Crippen molar-refractivity contribution in [1.29, 1.82) is 0 Å². The lowest BCUT2D eigenvalue weighted by Crippen LogP contribution is -1.83.